The van der Waals surface area contributed by atoms with Crippen molar-refractivity contribution in [2.75, 3.05) is 17.7 Å². The average Bonchev–Trinajstić information content (AvgIpc) is 2.33. The molecule has 1 aromatic rings. The van der Waals surface area contributed by atoms with Crippen LogP contribution in [-0.2, 0) is 11.2 Å². The van der Waals surface area contributed by atoms with E-state index in [0.717, 1.165) is 24.1 Å². The number of ether oxygens (including phenoxy) is 1. The number of benzene rings is 1. The van der Waals surface area contributed by atoms with Crippen molar-refractivity contribution in [3.05, 3.63) is 17.7 Å². The molecule has 1 amide bonds. The molecular weight excluding hydrogens is 215 g/mol. The summed E-state index contributed by atoms with van der Waals surface area (Å²) in [7, 11) is 7.15. The number of rotatable bonds is 0. The quantitative estimate of drug-likeness (QED) is 0.533. The van der Waals surface area contributed by atoms with E-state index in [4.69, 9.17) is 18.3 Å². The predicted molar refractivity (Wildman–Crippen MR) is 68.9 cm³/mol. The first kappa shape index (κ1) is 11.8. The maximum atomic E-state index is 11.8. The minimum absolute atomic E-state index is 0.109. The number of nitrogens with zero attached hydrogens (tertiary/aromatic N) is 1. The van der Waals surface area contributed by atoms with E-state index in [1.54, 1.807) is 11.0 Å². The van der Waals surface area contributed by atoms with Crippen LogP contribution in [0.2, 0.25) is 0 Å². The third kappa shape index (κ3) is 1.86. The van der Waals surface area contributed by atoms with E-state index in [0.29, 0.717) is 11.2 Å². The third-order valence-electron chi connectivity index (χ3n) is 3.25. The van der Waals surface area contributed by atoms with E-state index in [-0.39, 0.29) is 12.1 Å². The molecule has 2 rings (SSSR count). The van der Waals surface area contributed by atoms with E-state index >= 15 is 0 Å². The Morgan fingerprint density at radius 1 is 1.59 bits per heavy atom. The van der Waals surface area contributed by atoms with Crippen LogP contribution in [0.15, 0.2) is 12.1 Å². The lowest BCUT2D eigenvalue weighted by atomic mass is 9.86. The van der Waals surface area contributed by atoms with Gasteiger partial charge in [0.1, 0.15) is 7.85 Å². The number of fused-ring (bicyclic) bond motifs is 1. The highest BCUT2D eigenvalue weighted by Gasteiger charge is 2.30. The number of nitrogens with two attached hydrogens (primary N) is 1. The molecule has 0 fully saturated rings. The first-order chi connectivity index (χ1) is 8.06. The Hall–Kier alpha value is -1.65. The Balaban J connectivity index is 2.52. The summed E-state index contributed by atoms with van der Waals surface area (Å²) < 4.78 is 4.80. The number of hydrogen-bond acceptors (Lipinski definition) is 3. The molecular formula is C12H15BN2O2. The Morgan fingerprint density at radius 3 is 2.94 bits per heavy atom. The molecule has 17 heavy (non-hydrogen) atoms. The lowest BCUT2D eigenvalue weighted by Gasteiger charge is -2.35. The first-order valence-corrected chi connectivity index (χ1v) is 5.60. The fraction of sp³-hybridized carbons (Fsp3) is 0.417. The second kappa shape index (κ2) is 4.32. The molecule has 0 spiro atoms. The minimum atomic E-state index is -0.359. The van der Waals surface area contributed by atoms with Gasteiger partial charge in [0.25, 0.3) is 0 Å². The van der Waals surface area contributed by atoms with E-state index in [9.17, 15) is 4.79 Å². The van der Waals surface area contributed by atoms with Crippen LogP contribution < -0.4 is 16.1 Å². The van der Waals surface area contributed by atoms with Crippen LogP contribution in [0.4, 0.5) is 16.2 Å². The van der Waals surface area contributed by atoms with Crippen molar-refractivity contribution in [1.29, 1.82) is 0 Å². The average molecular weight is 230 g/mol. The number of hydrogen-bond donors (Lipinski definition) is 1. The van der Waals surface area contributed by atoms with Gasteiger partial charge in [-0.2, -0.15) is 0 Å². The molecule has 0 saturated heterocycles. The van der Waals surface area contributed by atoms with E-state index in [1.165, 1.54) is 7.11 Å². The first-order valence-electron chi connectivity index (χ1n) is 5.60. The predicted octanol–water partition coefficient (Wildman–Crippen LogP) is 0.970. The molecule has 2 N–H and O–H groups in total. The highest BCUT2D eigenvalue weighted by molar-refractivity contribution is 6.36. The van der Waals surface area contributed by atoms with Gasteiger partial charge in [-0.25, -0.2) is 4.79 Å². The molecule has 5 heteroatoms. The van der Waals surface area contributed by atoms with Crippen LogP contribution in [0.25, 0.3) is 0 Å². The van der Waals surface area contributed by atoms with Gasteiger partial charge in [-0.1, -0.05) is 11.5 Å². The van der Waals surface area contributed by atoms with Crippen LogP contribution >= 0.6 is 0 Å². The fourth-order valence-corrected chi connectivity index (χ4v) is 2.26. The highest BCUT2D eigenvalue weighted by atomic mass is 16.5. The molecule has 1 atom stereocenters. The summed E-state index contributed by atoms with van der Waals surface area (Å²) in [6.07, 6.45) is 1.33. The van der Waals surface area contributed by atoms with Crippen molar-refractivity contribution in [3.63, 3.8) is 0 Å². The van der Waals surface area contributed by atoms with Crippen LogP contribution in [0.5, 0.6) is 0 Å². The Bertz CT molecular complexity index is 462. The van der Waals surface area contributed by atoms with Gasteiger partial charge in [0.2, 0.25) is 0 Å². The zero-order valence-electron chi connectivity index (χ0n) is 10.1. The third-order valence-corrected chi connectivity index (χ3v) is 3.25. The van der Waals surface area contributed by atoms with Crippen molar-refractivity contribution in [1.82, 2.24) is 0 Å². The van der Waals surface area contributed by atoms with Crippen molar-refractivity contribution < 1.29 is 9.53 Å². The summed E-state index contributed by atoms with van der Waals surface area (Å²) in [5.41, 5.74) is 8.83. The zero-order valence-corrected chi connectivity index (χ0v) is 10.1. The Kier molecular flexibility index (Phi) is 3.00. The van der Waals surface area contributed by atoms with E-state index in [2.05, 4.69) is 0 Å². The molecule has 1 aromatic carbocycles. The molecule has 1 aliphatic rings. The molecule has 1 aliphatic heterocycles. The van der Waals surface area contributed by atoms with Gasteiger partial charge in [0.05, 0.1) is 12.8 Å². The Morgan fingerprint density at radius 2 is 2.29 bits per heavy atom. The van der Waals surface area contributed by atoms with Gasteiger partial charge < -0.3 is 10.5 Å². The van der Waals surface area contributed by atoms with E-state index in [1.807, 2.05) is 13.0 Å². The second-order valence-corrected chi connectivity index (χ2v) is 4.29. The number of carbonyl (C=O) groups is 1. The van der Waals surface area contributed by atoms with Gasteiger partial charge in [0, 0.05) is 11.7 Å². The molecule has 88 valence electrons. The van der Waals surface area contributed by atoms with Crippen LogP contribution in [0, 0.1) is 0 Å². The van der Waals surface area contributed by atoms with Crippen molar-refractivity contribution in [2.24, 2.45) is 0 Å². The zero-order chi connectivity index (χ0) is 12.6. The SMILES string of the molecule is [B]c1ccc2c(c1N)CC[C@H](C)N2C(=O)OC. The van der Waals surface area contributed by atoms with Crippen LogP contribution in [0.1, 0.15) is 18.9 Å². The van der Waals surface area contributed by atoms with E-state index < -0.39 is 0 Å². The number of nitrogen functional groups attached to an aromatic ring is 1. The topological polar surface area (TPSA) is 55.6 Å². The highest BCUT2D eigenvalue weighted by Crippen LogP contribution is 2.33. The van der Waals surface area contributed by atoms with Crippen molar-refractivity contribution in [3.8, 4) is 0 Å². The minimum Gasteiger partial charge on any atom is -0.452 e. The normalized spacial score (nSPS) is 18.7. The lowest BCUT2D eigenvalue weighted by Crippen LogP contribution is -2.42. The fourth-order valence-electron chi connectivity index (χ4n) is 2.26. The van der Waals surface area contributed by atoms with Crippen LogP contribution in [0.3, 0.4) is 0 Å². The molecule has 4 nitrogen and oxygen atoms in total. The number of amides is 1. The molecule has 2 radical (unpaired) electrons. The standard InChI is InChI=1S/C12H15BN2O2/c1-7-3-4-8-10(15(7)12(16)17-2)6-5-9(13)11(8)14/h5-7H,3-4,14H2,1-2H3/t7-/m0/s1. The van der Waals surface area contributed by atoms with Gasteiger partial charge in [-0.15, -0.1) is 0 Å². The van der Waals surface area contributed by atoms with Gasteiger partial charge in [-0.05, 0) is 31.4 Å². The monoisotopic (exact) mass is 230 g/mol. The second-order valence-electron chi connectivity index (χ2n) is 4.29. The summed E-state index contributed by atoms with van der Waals surface area (Å²) >= 11 is 0. The summed E-state index contributed by atoms with van der Waals surface area (Å²) in [6.45, 7) is 1.99. The summed E-state index contributed by atoms with van der Waals surface area (Å²) in [5.74, 6) is 0. The van der Waals surface area contributed by atoms with Gasteiger partial charge in [0.15, 0.2) is 0 Å². The van der Waals surface area contributed by atoms with Gasteiger partial charge >= 0.3 is 6.09 Å². The molecule has 0 saturated carbocycles. The number of methoxy groups -OCH3 is 1. The van der Waals surface area contributed by atoms with Gasteiger partial charge in [-0.3, -0.25) is 4.90 Å². The maximum absolute atomic E-state index is 11.8. The molecule has 1 heterocycles. The molecule has 0 aliphatic carbocycles. The van der Waals surface area contributed by atoms with Crippen molar-refractivity contribution >= 4 is 30.8 Å². The molecule has 0 bridgehead atoms. The summed E-state index contributed by atoms with van der Waals surface area (Å²) in [4.78, 5) is 13.4. The number of carbonyl (C=O) groups excluding carboxylic acids is 1. The van der Waals surface area contributed by atoms with Crippen molar-refractivity contribution in [2.45, 2.75) is 25.8 Å². The molecule has 0 aromatic heterocycles. The van der Waals surface area contributed by atoms with Crippen LogP contribution in [-0.4, -0.2) is 27.1 Å². The maximum Gasteiger partial charge on any atom is 0.414 e. The number of anilines is 2. The lowest BCUT2D eigenvalue weighted by molar-refractivity contribution is 0.175. The molecule has 0 unspecified atom stereocenters. The Labute approximate surface area is 102 Å². The smallest absolute Gasteiger partial charge is 0.414 e. The summed E-state index contributed by atoms with van der Waals surface area (Å²) in [5, 5.41) is 0. The summed E-state index contributed by atoms with van der Waals surface area (Å²) in [6, 6.07) is 3.66. The largest absolute Gasteiger partial charge is 0.452 e.